The van der Waals surface area contributed by atoms with Crippen molar-refractivity contribution in [2.45, 2.75) is 70.8 Å². The van der Waals surface area contributed by atoms with Crippen molar-refractivity contribution >= 4 is 22.9 Å². The molecule has 37 heavy (non-hydrogen) atoms. The van der Waals surface area contributed by atoms with Crippen LogP contribution in [0.25, 0.3) is 5.57 Å². The van der Waals surface area contributed by atoms with Crippen molar-refractivity contribution in [2.75, 3.05) is 0 Å². The number of thiophene rings is 1. The highest BCUT2D eigenvalue weighted by Gasteiger charge is 2.26. The molecule has 1 heterocycles. The van der Waals surface area contributed by atoms with Gasteiger partial charge in [-0.3, -0.25) is 0 Å². The minimum Gasteiger partial charge on any atom is -0.477 e. The van der Waals surface area contributed by atoms with Crippen LogP contribution >= 0.6 is 11.3 Å². The van der Waals surface area contributed by atoms with Gasteiger partial charge in [0.2, 0.25) is 0 Å². The molecule has 0 bridgehead atoms. The summed E-state index contributed by atoms with van der Waals surface area (Å²) in [4.78, 5) is 12.7. The molecule has 2 N–H and O–H groups in total. The molecule has 3 aromatic rings. The van der Waals surface area contributed by atoms with Gasteiger partial charge in [-0.15, -0.1) is 11.3 Å². The lowest BCUT2D eigenvalue weighted by atomic mass is 9.88. The topological polar surface area (TPSA) is 57.5 Å². The highest BCUT2D eigenvalue weighted by molar-refractivity contribution is 7.13. The first-order chi connectivity index (χ1) is 18.0. The van der Waals surface area contributed by atoms with Gasteiger partial charge < -0.3 is 10.2 Å². The van der Waals surface area contributed by atoms with Crippen LogP contribution in [0.5, 0.6) is 0 Å². The first kappa shape index (κ1) is 26.9. The molecule has 0 radical (unpaired) electrons. The van der Waals surface area contributed by atoms with E-state index in [1.165, 1.54) is 28.0 Å². The number of rotatable bonds is 11. The first-order valence-electron chi connectivity index (χ1n) is 13.5. The van der Waals surface area contributed by atoms with Crippen molar-refractivity contribution in [1.82, 2.24) is 0 Å². The van der Waals surface area contributed by atoms with E-state index < -0.39 is 12.1 Å². The van der Waals surface area contributed by atoms with E-state index in [1.54, 1.807) is 6.07 Å². The monoisotopic (exact) mass is 512 g/mol. The maximum absolute atomic E-state index is 11.2. The van der Waals surface area contributed by atoms with Crippen molar-refractivity contribution in [3.63, 3.8) is 0 Å². The molecule has 1 unspecified atom stereocenters. The van der Waals surface area contributed by atoms with E-state index in [1.807, 2.05) is 36.4 Å². The lowest BCUT2D eigenvalue weighted by Crippen LogP contribution is -2.02. The van der Waals surface area contributed by atoms with E-state index in [2.05, 4.69) is 43.0 Å². The number of unbranched alkanes of at least 4 members (excludes halogenated alkanes) is 2. The van der Waals surface area contributed by atoms with Crippen LogP contribution in [0.3, 0.4) is 0 Å². The number of hydrogen-bond donors (Lipinski definition) is 2. The summed E-state index contributed by atoms with van der Waals surface area (Å²) in [5.41, 5.74) is 5.77. The molecular weight excluding hydrogens is 476 g/mol. The number of aromatic carboxylic acids is 1. The van der Waals surface area contributed by atoms with Gasteiger partial charge in [-0.05, 0) is 85.4 Å². The maximum atomic E-state index is 11.2. The molecule has 2 atom stereocenters. The molecule has 0 amide bonds. The highest BCUT2D eigenvalue weighted by atomic mass is 32.1. The minimum absolute atomic E-state index is 0.409. The fourth-order valence-corrected chi connectivity index (χ4v) is 6.02. The number of hydrogen-bond acceptors (Lipinski definition) is 3. The zero-order valence-corrected chi connectivity index (χ0v) is 22.4. The zero-order chi connectivity index (χ0) is 26.0. The van der Waals surface area contributed by atoms with Crippen LogP contribution in [0.4, 0.5) is 0 Å². The summed E-state index contributed by atoms with van der Waals surface area (Å²) in [6.45, 7) is 2.18. The Hall–Kier alpha value is -3.13. The van der Waals surface area contributed by atoms with Crippen LogP contribution in [-0.4, -0.2) is 16.2 Å². The summed E-state index contributed by atoms with van der Waals surface area (Å²) in [5.74, 6) is 6.43. The molecule has 0 fully saturated rings. The molecular formula is C33H36O3S. The lowest BCUT2D eigenvalue weighted by molar-refractivity contribution is 0.0702. The van der Waals surface area contributed by atoms with Crippen molar-refractivity contribution in [3.8, 4) is 11.8 Å². The van der Waals surface area contributed by atoms with Crippen molar-refractivity contribution in [1.29, 1.82) is 0 Å². The molecule has 0 spiro atoms. The number of allylic oxidation sites excluding steroid dienone is 2. The molecule has 2 aromatic carbocycles. The van der Waals surface area contributed by atoms with Gasteiger partial charge in [0.15, 0.2) is 0 Å². The second-order valence-electron chi connectivity index (χ2n) is 9.84. The fourth-order valence-electron chi connectivity index (χ4n) is 5.13. The molecule has 1 aromatic heterocycles. The molecule has 4 heteroatoms. The summed E-state index contributed by atoms with van der Waals surface area (Å²) >= 11 is 1.38. The third-order valence-electron chi connectivity index (χ3n) is 7.14. The summed E-state index contributed by atoms with van der Waals surface area (Å²) < 4.78 is 0. The molecule has 192 valence electrons. The second-order valence-corrected chi connectivity index (χ2v) is 11.0. The van der Waals surface area contributed by atoms with E-state index >= 15 is 0 Å². The molecule has 0 saturated carbocycles. The largest absolute Gasteiger partial charge is 0.477 e. The third-order valence-corrected chi connectivity index (χ3v) is 8.28. The molecule has 0 saturated heterocycles. The Morgan fingerprint density at radius 2 is 1.78 bits per heavy atom. The van der Waals surface area contributed by atoms with Crippen LogP contribution in [0.1, 0.15) is 95.6 Å². The van der Waals surface area contributed by atoms with Gasteiger partial charge in [-0.1, -0.05) is 80.5 Å². The Balaban J connectivity index is 1.52. The number of aliphatic hydroxyl groups is 1. The first-order valence-corrected chi connectivity index (χ1v) is 14.3. The van der Waals surface area contributed by atoms with E-state index in [-0.39, 0.29) is 0 Å². The van der Waals surface area contributed by atoms with Gasteiger partial charge in [-0.25, -0.2) is 4.79 Å². The highest BCUT2D eigenvalue weighted by Crippen LogP contribution is 2.42. The second kappa shape index (κ2) is 13.4. The minimum atomic E-state index is -0.849. The normalized spacial score (nSPS) is 15.9. The van der Waals surface area contributed by atoms with E-state index in [4.69, 9.17) is 0 Å². The summed E-state index contributed by atoms with van der Waals surface area (Å²) in [7, 11) is 0. The Bertz CT molecular complexity index is 1260. The van der Waals surface area contributed by atoms with Crippen LogP contribution in [-0.2, 0) is 6.42 Å². The smallest absolute Gasteiger partial charge is 0.345 e. The summed E-state index contributed by atoms with van der Waals surface area (Å²) in [6.07, 6.45) is 8.77. The molecule has 4 rings (SSSR count). The van der Waals surface area contributed by atoms with Crippen LogP contribution in [0.15, 0.2) is 72.3 Å². The van der Waals surface area contributed by atoms with Crippen molar-refractivity contribution in [2.24, 2.45) is 5.92 Å². The van der Waals surface area contributed by atoms with E-state index in [0.717, 1.165) is 73.8 Å². The Labute approximate surface area is 224 Å². The summed E-state index contributed by atoms with van der Waals surface area (Å²) in [5, 5.41) is 19.8. The number of carboxylic acid groups (broad SMARTS) is 1. The molecule has 3 nitrogen and oxygen atoms in total. The van der Waals surface area contributed by atoms with Gasteiger partial charge in [-0.2, -0.15) is 0 Å². The SMILES string of the molecule is CCCCCC(O)c1ccc(C2=C(C#Cc3ccccc3)CC[C@@H]2CCCc2ccc(C(=O)O)s2)cc1. The number of carboxylic acids is 1. The Morgan fingerprint density at radius 3 is 2.49 bits per heavy atom. The summed E-state index contributed by atoms with van der Waals surface area (Å²) in [6, 6.07) is 22.3. The molecule has 1 aliphatic carbocycles. The van der Waals surface area contributed by atoms with Crippen molar-refractivity contribution < 1.29 is 15.0 Å². The average Bonchev–Trinajstić information content (AvgIpc) is 3.56. The van der Waals surface area contributed by atoms with Crippen molar-refractivity contribution in [3.05, 3.63) is 98.7 Å². The quantitative estimate of drug-likeness (QED) is 0.201. The Kier molecular flexibility index (Phi) is 9.77. The van der Waals surface area contributed by atoms with Gasteiger partial charge in [0.1, 0.15) is 4.88 Å². The number of aliphatic hydroxyl groups excluding tert-OH is 1. The van der Waals surface area contributed by atoms with Gasteiger partial charge in [0, 0.05) is 16.0 Å². The Morgan fingerprint density at radius 1 is 1.00 bits per heavy atom. The predicted octanol–water partition coefficient (Wildman–Crippen LogP) is 8.30. The molecule has 1 aliphatic rings. The number of aryl methyl sites for hydroxylation is 1. The number of carbonyl (C=O) groups is 1. The molecule has 0 aliphatic heterocycles. The maximum Gasteiger partial charge on any atom is 0.345 e. The fraction of sp³-hybridized carbons (Fsp3) is 0.364. The standard InChI is InChI=1S/C33H36O3S/c1-2-3-5-13-30(34)25-16-18-28(19-17-25)32-26(11-8-12-29-22-23-31(37-29)33(35)36)20-21-27(32)15-14-24-9-6-4-7-10-24/h4,6-7,9-10,16-19,22-23,26,30,34H,2-3,5,8,11-13,20-21H2,1H3,(H,35,36)/t26-,30?/m0/s1. The van der Waals surface area contributed by atoms with Crippen LogP contribution < -0.4 is 0 Å². The number of benzene rings is 2. The third kappa shape index (κ3) is 7.44. The lowest BCUT2D eigenvalue weighted by Gasteiger charge is -2.17. The van der Waals surface area contributed by atoms with Crippen LogP contribution in [0.2, 0.25) is 0 Å². The van der Waals surface area contributed by atoms with Crippen LogP contribution in [0, 0.1) is 17.8 Å². The van der Waals surface area contributed by atoms with E-state index in [0.29, 0.717) is 10.8 Å². The van der Waals surface area contributed by atoms with E-state index in [9.17, 15) is 15.0 Å². The van der Waals surface area contributed by atoms with Gasteiger partial charge in [0.05, 0.1) is 6.10 Å². The van der Waals surface area contributed by atoms with Gasteiger partial charge >= 0.3 is 5.97 Å². The zero-order valence-electron chi connectivity index (χ0n) is 21.6. The van der Waals surface area contributed by atoms with Gasteiger partial charge in [0.25, 0.3) is 0 Å². The average molecular weight is 513 g/mol. The predicted molar refractivity (Wildman–Crippen MR) is 153 cm³/mol.